The van der Waals surface area contributed by atoms with Crippen LogP contribution < -0.4 is 4.90 Å². The van der Waals surface area contributed by atoms with E-state index in [0.29, 0.717) is 12.3 Å². The highest BCUT2D eigenvalue weighted by molar-refractivity contribution is 6.28. The highest BCUT2D eigenvalue weighted by atomic mass is 35.5. The number of rotatable bonds is 4. The molecular weight excluding hydrogens is 336 g/mol. The fourth-order valence-corrected chi connectivity index (χ4v) is 3.35. The van der Waals surface area contributed by atoms with Crippen LogP contribution in [0.3, 0.4) is 0 Å². The average molecular weight is 361 g/mol. The molecule has 5 nitrogen and oxygen atoms in total. The van der Waals surface area contributed by atoms with Gasteiger partial charge in [0.15, 0.2) is 0 Å². The number of hydrogen-bond acceptors (Lipinski definition) is 4. The third-order valence-electron chi connectivity index (χ3n) is 4.67. The first-order valence-corrected chi connectivity index (χ1v) is 9.28. The Labute approximate surface area is 154 Å². The van der Waals surface area contributed by atoms with Gasteiger partial charge in [0.05, 0.1) is 5.52 Å². The van der Waals surface area contributed by atoms with Gasteiger partial charge in [-0.05, 0) is 48.6 Å². The number of halogens is 1. The number of carbonyl (C=O) groups is 1. The third kappa shape index (κ3) is 4.21. The molecule has 1 amide bonds. The molecule has 1 fully saturated rings. The molecule has 25 heavy (non-hydrogen) atoms. The number of amides is 1. The second kappa shape index (κ2) is 7.56. The first-order valence-electron chi connectivity index (χ1n) is 8.90. The Bertz CT molecular complexity index is 764. The number of carbonyl (C=O) groups excluding carboxylic acids is 1. The lowest BCUT2D eigenvalue weighted by atomic mass is 10.1. The van der Waals surface area contributed by atoms with Crippen molar-refractivity contribution >= 4 is 34.2 Å². The van der Waals surface area contributed by atoms with Crippen molar-refractivity contribution in [2.24, 2.45) is 5.92 Å². The van der Waals surface area contributed by atoms with E-state index in [1.165, 1.54) is 0 Å². The number of hydrogen-bond donors (Lipinski definition) is 0. The summed E-state index contributed by atoms with van der Waals surface area (Å²) in [6, 6.07) is 6.14. The zero-order valence-electron chi connectivity index (χ0n) is 15.1. The summed E-state index contributed by atoms with van der Waals surface area (Å²) in [7, 11) is 0. The summed E-state index contributed by atoms with van der Waals surface area (Å²) in [4.78, 5) is 25.3. The molecular formula is C19H25ClN4O. The summed E-state index contributed by atoms with van der Waals surface area (Å²) in [6.07, 6.45) is 1.59. The van der Waals surface area contributed by atoms with Crippen LogP contribution in [0.2, 0.25) is 5.28 Å². The van der Waals surface area contributed by atoms with Crippen molar-refractivity contribution in [3.63, 3.8) is 0 Å². The van der Waals surface area contributed by atoms with Crippen molar-refractivity contribution in [2.75, 3.05) is 31.1 Å². The van der Waals surface area contributed by atoms with Gasteiger partial charge in [0, 0.05) is 38.0 Å². The largest absolute Gasteiger partial charge is 0.352 e. The number of fused-ring (bicyclic) bond motifs is 1. The lowest BCUT2D eigenvalue weighted by molar-refractivity contribution is -0.131. The Kier molecular flexibility index (Phi) is 5.42. The number of anilines is 1. The van der Waals surface area contributed by atoms with Crippen molar-refractivity contribution in [1.29, 1.82) is 0 Å². The molecule has 0 atom stereocenters. The molecule has 1 saturated heterocycles. The Hall–Kier alpha value is -1.88. The quantitative estimate of drug-likeness (QED) is 0.780. The van der Waals surface area contributed by atoms with Crippen molar-refractivity contribution in [3.8, 4) is 0 Å². The van der Waals surface area contributed by atoms with Gasteiger partial charge >= 0.3 is 0 Å². The van der Waals surface area contributed by atoms with Crippen LogP contribution in [0, 0.1) is 12.8 Å². The Morgan fingerprint density at radius 2 is 1.92 bits per heavy atom. The zero-order chi connectivity index (χ0) is 18.0. The molecule has 1 aliphatic heterocycles. The molecule has 1 aromatic heterocycles. The van der Waals surface area contributed by atoms with E-state index in [9.17, 15) is 4.79 Å². The van der Waals surface area contributed by atoms with Gasteiger partial charge in [-0.1, -0.05) is 19.9 Å². The summed E-state index contributed by atoms with van der Waals surface area (Å²) in [5, 5.41) is 1.28. The predicted molar refractivity (Wildman–Crippen MR) is 102 cm³/mol. The van der Waals surface area contributed by atoms with Gasteiger partial charge in [-0.25, -0.2) is 4.98 Å². The number of nitrogens with zero attached hydrogens (tertiary/aromatic N) is 4. The molecule has 0 saturated carbocycles. The van der Waals surface area contributed by atoms with Crippen LogP contribution in [-0.2, 0) is 4.79 Å². The minimum Gasteiger partial charge on any atom is -0.352 e. The predicted octanol–water partition coefficient (Wildman–Crippen LogP) is 3.68. The summed E-state index contributed by atoms with van der Waals surface area (Å²) in [5.41, 5.74) is 2.01. The molecule has 0 bridgehead atoms. The van der Waals surface area contributed by atoms with E-state index >= 15 is 0 Å². The number of piperazine rings is 1. The third-order valence-corrected chi connectivity index (χ3v) is 4.84. The Balaban J connectivity index is 1.73. The van der Waals surface area contributed by atoms with Gasteiger partial charge in [0.1, 0.15) is 5.82 Å². The van der Waals surface area contributed by atoms with E-state index in [-0.39, 0.29) is 11.2 Å². The fourth-order valence-electron chi connectivity index (χ4n) is 3.17. The van der Waals surface area contributed by atoms with Crippen LogP contribution in [0.5, 0.6) is 0 Å². The van der Waals surface area contributed by atoms with E-state index in [2.05, 4.69) is 40.8 Å². The normalized spacial score (nSPS) is 15.2. The first-order chi connectivity index (χ1) is 11.9. The minimum absolute atomic E-state index is 0.259. The van der Waals surface area contributed by atoms with Gasteiger partial charge in [0.2, 0.25) is 11.2 Å². The van der Waals surface area contributed by atoms with Crippen molar-refractivity contribution < 1.29 is 4.79 Å². The Morgan fingerprint density at radius 1 is 1.20 bits per heavy atom. The maximum Gasteiger partial charge on any atom is 0.224 e. The molecule has 2 heterocycles. The molecule has 3 rings (SSSR count). The van der Waals surface area contributed by atoms with Crippen LogP contribution in [0.4, 0.5) is 5.82 Å². The molecule has 134 valence electrons. The monoisotopic (exact) mass is 360 g/mol. The molecule has 0 spiro atoms. The van der Waals surface area contributed by atoms with Crippen LogP contribution in [0.15, 0.2) is 18.2 Å². The summed E-state index contributed by atoms with van der Waals surface area (Å²) in [6.45, 7) is 9.33. The van der Waals surface area contributed by atoms with Crippen LogP contribution >= 0.6 is 11.6 Å². The second-order valence-electron chi connectivity index (χ2n) is 7.14. The molecule has 2 aromatic rings. The smallest absolute Gasteiger partial charge is 0.224 e. The number of aryl methyl sites for hydroxylation is 1. The lowest BCUT2D eigenvalue weighted by Crippen LogP contribution is -2.49. The Morgan fingerprint density at radius 3 is 2.60 bits per heavy atom. The second-order valence-corrected chi connectivity index (χ2v) is 7.48. The maximum atomic E-state index is 12.3. The molecule has 0 unspecified atom stereocenters. The van der Waals surface area contributed by atoms with E-state index < -0.39 is 0 Å². The number of benzene rings is 1. The van der Waals surface area contributed by atoms with Gasteiger partial charge in [-0.3, -0.25) is 4.79 Å². The molecule has 6 heteroatoms. The maximum absolute atomic E-state index is 12.3. The van der Waals surface area contributed by atoms with Crippen molar-refractivity contribution in [2.45, 2.75) is 33.6 Å². The zero-order valence-corrected chi connectivity index (χ0v) is 15.9. The van der Waals surface area contributed by atoms with E-state index in [4.69, 9.17) is 11.6 Å². The first kappa shape index (κ1) is 17.9. The van der Waals surface area contributed by atoms with Crippen LogP contribution in [0.1, 0.15) is 32.3 Å². The van der Waals surface area contributed by atoms with Gasteiger partial charge in [-0.15, -0.1) is 0 Å². The van der Waals surface area contributed by atoms with Crippen molar-refractivity contribution in [1.82, 2.24) is 14.9 Å². The van der Waals surface area contributed by atoms with Gasteiger partial charge < -0.3 is 9.80 Å². The van der Waals surface area contributed by atoms with Gasteiger partial charge in [-0.2, -0.15) is 4.98 Å². The molecule has 1 aliphatic rings. The molecule has 1 aromatic carbocycles. The van der Waals surface area contributed by atoms with E-state index in [1.54, 1.807) is 0 Å². The average Bonchev–Trinajstić information content (AvgIpc) is 2.58. The molecule has 0 aliphatic carbocycles. The van der Waals surface area contributed by atoms with Gasteiger partial charge in [0.25, 0.3) is 0 Å². The SMILES string of the molecule is Cc1ccc2c(N3CCN(C(=O)CCC(C)C)CC3)nc(Cl)nc2c1. The van der Waals surface area contributed by atoms with Crippen molar-refractivity contribution in [3.05, 3.63) is 29.0 Å². The molecule has 0 radical (unpaired) electrons. The summed E-state index contributed by atoms with van der Waals surface area (Å²) in [5.74, 6) is 1.68. The number of aromatic nitrogens is 2. The molecule has 0 N–H and O–H groups in total. The summed E-state index contributed by atoms with van der Waals surface area (Å²) >= 11 is 6.13. The standard InChI is InChI=1S/C19H25ClN4O/c1-13(2)4-7-17(25)23-8-10-24(11-9-23)18-15-6-5-14(3)12-16(15)21-19(20)22-18/h5-6,12-13H,4,7-11H2,1-3H3. The fraction of sp³-hybridized carbons (Fsp3) is 0.526. The highest BCUT2D eigenvalue weighted by Gasteiger charge is 2.23. The van der Waals surface area contributed by atoms with E-state index in [1.807, 2.05) is 17.9 Å². The lowest BCUT2D eigenvalue weighted by Gasteiger charge is -2.36. The highest BCUT2D eigenvalue weighted by Crippen LogP contribution is 2.27. The van der Waals surface area contributed by atoms with Crippen LogP contribution in [-0.4, -0.2) is 47.0 Å². The summed E-state index contributed by atoms with van der Waals surface area (Å²) < 4.78 is 0. The van der Waals surface area contributed by atoms with E-state index in [0.717, 1.165) is 54.9 Å². The van der Waals surface area contributed by atoms with Crippen LogP contribution in [0.25, 0.3) is 10.9 Å². The minimum atomic E-state index is 0.259. The topological polar surface area (TPSA) is 49.3 Å².